The van der Waals surface area contributed by atoms with E-state index in [1.54, 1.807) is 0 Å². The molecule has 1 aromatic heterocycles. The van der Waals surface area contributed by atoms with E-state index in [4.69, 9.17) is 11.0 Å². The molecular formula is C16H22N8. The predicted octanol–water partition coefficient (Wildman–Crippen LogP) is 0.0589. The van der Waals surface area contributed by atoms with Crippen LogP contribution >= 0.6 is 0 Å². The van der Waals surface area contributed by atoms with Crippen LogP contribution in [0.25, 0.3) is 0 Å². The number of allylic oxidation sites excluding steroid dienone is 1. The SMILES string of the molecule is CN1CCC(NC2=C(N)CNC(Nc3cnc(C#N)cn3)=C2)CC1. The number of nitrogens with zero attached hydrogens (tertiary/aromatic N) is 4. The van der Waals surface area contributed by atoms with Gasteiger partial charge in [-0.2, -0.15) is 5.26 Å². The molecule has 8 nitrogen and oxygen atoms in total. The third-order valence-electron chi connectivity index (χ3n) is 4.21. The zero-order valence-electron chi connectivity index (χ0n) is 13.7. The molecule has 0 bridgehead atoms. The summed E-state index contributed by atoms with van der Waals surface area (Å²) >= 11 is 0. The van der Waals surface area contributed by atoms with Crippen LogP contribution in [-0.2, 0) is 0 Å². The van der Waals surface area contributed by atoms with E-state index in [2.05, 4.69) is 37.9 Å². The van der Waals surface area contributed by atoms with Crippen molar-refractivity contribution < 1.29 is 0 Å². The second-order valence-electron chi connectivity index (χ2n) is 6.10. The Hall–Kier alpha value is -2.79. The van der Waals surface area contributed by atoms with Gasteiger partial charge in [-0.05, 0) is 33.0 Å². The molecule has 0 unspecified atom stereocenters. The highest BCUT2D eigenvalue weighted by Crippen LogP contribution is 2.15. The lowest BCUT2D eigenvalue weighted by atomic mass is 10.0. The van der Waals surface area contributed by atoms with Gasteiger partial charge in [-0.1, -0.05) is 0 Å². The Morgan fingerprint density at radius 1 is 1.33 bits per heavy atom. The van der Waals surface area contributed by atoms with Crippen LogP contribution in [0.15, 0.2) is 35.7 Å². The number of aromatic nitrogens is 2. The monoisotopic (exact) mass is 326 g/mol. The first-order valence-electron chi connectivity index (χ1n) is 8.02. The van der Waals surface area contributed by atoms with Gasteiger partial charge in [-0.15, -0.1) is 0 Å². The first-order chi connectivity index (χ1) is 11.6. The molecule has 3 rings (SSSR count). The first kappa shape index (κ1) is 16.1. The minimum absolute atomic E-state index is 0.292. The van der Waals surface area contributed by atoms with Crippen molar-refractivity contribution in [2.24, 2.45) is 5.73 Å². The zero-order chi connectivity index (χ0) is 16.9. The molecule has 3 heterocycles. The fourth-order valence-electron chi connectivity index (χ4n) is 2.75. The summed E-state index contributed by atoms with van der Waals surface area (Å²) in [4.78, 5) is 10.5. The molecule has 0 spiro atoms. The largest absolute Gasteiger partial charge is 0.399 e. The Kier molecular flexibility index (Phi) is 4.82. The third kappa shape index (κ3) is 3.94. The third-order valence-corrected chi connectivity index (χ3v) is 4.21. The molecule has 1 aromatic rings. The van der Waals surface area contributed by atoms with E-state index >= 15 is 0 Å². The zero-order valence-corrected chi connectivity index (χ0v) is 13.7. The molecule has 0 radical (unpaired) electrons. The molecule has 2 aliphatic rings. The van der Waals surface area contributed by atoms with Crippen molar-refractivity contribution in [3.63, 3.8) is 0 Å². The molecule has 0 amide bonds. The van der Waals surface area contributed by atoms with Crippen LogP contribution in [-0.4, -0.2) is 47.6 Å². The molecule has 126 valence electrons. The molecular weight excluding hydrogens is 304 g/mol. The normalized spacial score (nSPS) is 19.2. The number of hydrogen-bond acceptors (Lipinski definition) is 8. The van der Waals surface area contributed by atoms with Crippen LogP contribution in [0.2, 0.25) is 0 Å². The van der Waals surface area contributed by atoms with Crippen molar-refractivity contribution in [3.05, 3.63) is 41.4 Å². The summed E-state index contributed by atoms with van der Waals surface area (Å²) in [6.45, 7) is 2.76. The first-order valence-corrected chi connectivity index (χ1v) is 8.02. The van der Waals surface area contributed by atoms with Crippen LogP contribution < -0.4 is 21.7 Å². The summed E-state index contributed by atoms with van der Waals surface area (Å²) in [5, 5.41) is 18.7. The van der Waals surface area contributed by atoms with E-state index in [9.17, 15) is 0 Å². The highest BCUT2D eigenvalue weighted by atomic mass is 15.2. The summed E-state index contributed by atoms with van der Waals surface area (Å²) in [6, 6.07) is 2.39. The van der Waals surface area contributed by atoms with Crippen LogP contribution in [0.4, 0.5) is 5.82 Å². The average Bonchev–Trinajstić information content (AvgIpc) is 2.60. The highest BCUT2D eigenvalue weighted by Gasteiger charge is 2.19. The molecule has 0 aromatic carbocycles. The van der Waals surface area contributed by atoms with Gasteiger partial charge in [0.1, 0.15) is 17.7 Å². The van der Waals surface area contributed by atoms with Gasteiger partial charge in [0.25, 0.3) is 0 Å². The second kappa shape index (κ2) is 7.19. The van der Waals surface area contributed by atoms with E-state index in [0.717, 1.165) is 43.1 Å². The molecule has 2 aliphatic heterocycles. The number of nitrogens with two attached hydrogens (primary N) is 1. The lowest BCUT2D eigenvalue weighted by Crippen LogP contribution is -2.42. The van der Waals surface area contributed by atoms with E-state index in [0.29, 0.717) is 24.1 Å². The Morgan fingerprint density at radius 3 is 2.79 bits per heavy atom. The Balaban J connectivity index is 1.65. The topological polar surface area (TPSA) is 115 Å². The van der Waals surface area contributed by atoms with Crippen molar-refractivity contribution in [2.45, 2.75) is 18.9 Å². The quantitative estimate of drug-likeness (QED) is 0.614. The van der Waals surface area contributed by atoms with Gasteiger partial charge in [0.2, 0.25) is 0 Å². The summed E-state index contributed by atoms with van der Waals surface area (Å²) in [6.07, 6.45) is 7.15. The van der Waals surface area contributed by atoms with Crippen molar-refractivity contribution in [2.75, 3.05) is 32.0 Å². The van der Waals surface area contributed by atoms with Crippen molar-refractivity contribution in [1.82, 2.24) is 25.5 Å². The van der Waals surface area contributed by atoms with Gasteiger partial charge >= 0.3 is 0 Å². The van der Waals surface area contributed by atoms with Crippen molar-refractivity contribution in [3.8, 4) is 6.07 Å². The molecule has 0 aliphatic carbocycles. The Labute approximate surface area is 141 Å². The Morgan fingerprint density at radius 2 is 2.12 bits per heavy atom. The van der Waals surface area contributed by atoms with Crippen LogP contribution in [0, 0.1) is 11.3 Å². The molecule has 24 heavy (non-hydrogen) atoms. The van der Waals surface area contributed by atoms with Gasteiger partial charge in [-0.25, -0.2) is 9.97 Å². The minimum Gasteiger partial charge on any atom is -0.399 e. The second-order valence-corrected chi connectivity index (χ2v) is 6.10. The summed E-state index contributed by atoms with van der Waals surface area (Å²) in [7, 11) is 2.15. The number of piperidine rings is 1. The number of rotatable bonds is 4. The van der Waals surface area contributed by atoms with Gasteiger partial charge in [-0.3, -0.25) is 0 Å². The van der Waals surface area contributed by atoms with E-state index in [1.165, 1.54) is 12.4 Å². The van der Waals surface area contributed by atoms with Gasteiger partial charge in [0, 0.05) is 12.1 Å². The molecule has 8 heteroatoms. The summed E-state index contributed by atoms with van der Waals surface area (Å²) in [5.74, 6) is 1.38. The maximum absolute atomic E-state index is 8.76. The molecule has 0 saturated carbocycles. The van der Waals surface area contributed by atoms with Crippen LogP contribution in [0.3, 0.4) is 0 Å². The number of nitrogens with one attached hydrogen (secondary N) is 3. The number of dihydropyridines is 1. The fraction of sp³-hybridized carbons (Fsp3) is 0.438. The van der Waals surface area contributed by atoms with Crippen molar-refractivity contribution >= 4 is 5.82 Å². The number of hydrogen-bond donors (Lipinski definition) is 4. The standard InChI is InChI=1S/C16H22N8/c1-24-4-2-11(3-5-24)22-14-6-15(21-9-13(14)18)23-16-10-19-12(7-17)8-20-16/h6,8,10-11,21-22H,2-5,9,18H2,1H3,(H,20,23). The summed E-state index contributed by atoms with van der Waals surface area (Å²) < 4.78 is 0. The van der Waals surface area contributed by atoms with Gasteiger partial charge in [0.15, 0.2) is 5.69 Å². The van der Waals surface area contributed by atoms with Gasteiger partial charge in [0.05, 0.1) is 30.3 Å². The Bertz CT molecular complexity index is 677. The van der Waals surface area contributed by atoms with Gasteiger partial charge < -0.3 is 26.6 Å². The number of likely N-dealkylation sites (tertiary alicyclic amines) is 1. The lowest BCUT2D eigenvalue weighted by molar-refractivity contribution is 0.242. The van der Waals surface area contributed by atoms with E-state index < -0.39 is 0 Å². The maximum Gasteiger partial charge on any atom is 0.158 e. The average molecular weight is 326 g/mol. The smallest absolute Gasteiger partial charge is 0.158 e. The van der Waals surface area contributed by atoms with Crippen LogP contribution in [0.1, 0.15) is 18.5 Å². The minimum atomic E-state index is 0.292. The number of nitriles is 1. The molecule has 1 saturated heterocycles. The molecule has 1 fully saturated rings. The predicted molar refractivity (Wildman–Crippen MR) is 91.3 cm³/mol. The van der Waals surface area contributed by atoms with E-state index in [-0.39, 0.29) is 0 Å². The highest BCUT2D eigenvalue weighted by molar-refractivity contribution is 5.44. The van der Waals surface area contributed by atoms with E-state index in [1.807, 2.05) is 12.1 Å². The summed E-state index contributed by atoms with van der Waals surface area (Å²) in [5.41, 5.74) is 8.16. The maximum atomic E-state index is 8.76. The lowest BCUT2D eigenvalue weighted by Gasteiger charge is -2.32. The van der Waals surface area contributed by atoms with Crippen LogP contribution in [0.5, 0.6) is 0 Å². The molecule has 0 atom stereocenters. The fourth-order valence-corrected chi connectivity index (χ4v) is 2.75. The number of anilines is 1. The van der Waals surface area contributed by atoms with Crippen molar-refractivity contribution in [1.29, 1.82) is 5.26 Å². The molecule has 5 N–H and O–H groups in total.